The van der Waals surface area contributed by atoms with Crippen LogP contribution in [0.15, 0.2) is 18.2 Å². The lowest BCUT2D eigenvalue weighted by Gasteiger charge is -2.05. The fraction of sp³-hybridized carbons (Fsp3) is 0.526. The van der Waals surface area contributed by atoms with Crippen LogP contribution >= 0.6 is 0 Å². The van der Waals surface area contributed by atoms with Crippen LogP contribution in [0.1, 0.15) is 54.6 Å². The van der Waals surface area contributed by atoms with E-state index in [1.165, 1.54) is 31.2 Å². The number of nitrogens with one attached hydrogen (secondary N) is 1. The minimum absolute atomic E-state index is 0.528. The van der Waals surface area contributed by atoms with Gasteiger partial charge in [-0.05, 0) is 37.5 Å². The predicted molar refractivity (Wildman–Crippen MR) is 96.7 cm³/mol. The topological polar surface area (TPSA) is 68.6 Å². The first-order valence-electron chi connectivity index (χ1n) is 9.11. The van der Waals surface area contributed by atoms with Gasteiger partial charge in [0.05, 0.1) is 24.2 Å². The van der Waals surface area contributed by atoms with Crippen molar-refractivity contribution in [2.45, 2.75) is 51.5 Å². The highest BCUT2D eigenvalue weighted by Gasteiger charge is 2.23. The zero-order chi connectivity index (χ0) is 17.2. The molecule has 0 aliphatic heterocycles. The number of hydrogen-bond acceptors (Lipinski definition) is 4. The maximum Gasteiger partial charge on any atom is 0.154 e. The average Bonchev–Trinajstić information content (AvgIpc) is 3.31. The molecule has 2 aromatic heterocycles. The van der Waals surface area contributed by atoms with Gasteiger partial charge in [0.25, 0.3) is 0 Å². The zero-order valence-electron chi connectivity index (χ0n) is 15.0. The van der Waals surface area contributed by atoms with Gasteiger partial charge in [-0.25, -0.2) is 14.6 Å². The van der Waals surface area contributed by atoms with Gasteiger partial charge in [0, 0.05) is 19.4 Å². The Morgan fingerprint density at radius 2 is 2.08 bits per heavy atom. The first-order valence-corrected chi connectivity index (χ1v) is 9.11. The van der Waals surface area contributed by atoms with E-state index in [0.717, 1.165) is 41.5 Å². The standard InChI is InChI=1S/C19H25N5O/c1-13-20-16-8-7-14(11-17(16)21-13)12-18-22-19(15-5-3-4-6-15)23-24(18)9-10-25-2/h7-8,11,15H,3-6,9-10,12H2,1-2H3,(H,20,21). The molecule has 1 aromatic carbocycles. The van der Waals surface area contributed by atoms with Crippen LogP contribution in [0, 0.1) is 6.92 Å². The number of aromatic nitrogens is 5. The summed E-state index contributed by atoms with van der Waals surface area (Å²) in [7, 11) is 1.73. The number of fused-ring (bicyclic) bond motifs is 1. The molecule has 0 radical (unpaired) electrons. The molecule has 0 bridgehead atoms. The summed E-state index contributed by atoms with van der Waals surface area (Å²) < 4.78 is 7.27. The summed E-state index contributed by atoms with van der Waals surface area (Å²) in [5.41, 5.74) is 3.31. The number of nitrogens with zero attached hydrogens (tertiary/aromatic N) is 4. The maximum atomic E-state index is 5.24. The molecule has 0 spiro atoms. The Morgan fingerprint density at radius 1 is 1.24 bits per heavy atom. The van der Waals surface area contributed by atoms with Gasteiger partial charge < -0.3 is 9.72 Å². The van der Waals surface area contributed by atoms with E-state index in [1.807, 2.05) is 11.6 Å². The number of aryl methyl sites for hydroxylation is 1. The lowest BCUT2D eigenvalue weighted by atomic mass is 10.1. The molecule has 1 saturated carbocycles. The van der Waals surface area contributed by atoms with Crippen molar-refractivity contribution >= 4 is 11.0 Å². The van der Waals surface area contributed by atoms with Crippen molar-refractivity contribution in [1.29, 1.82) is 0 Å². The highest BCUT2D eigenvalue weighted by molar-refractivity contribution is 5.75. The van der Waals surface area contributed by atoms with Crippen LogP contribution in [0.5, 0.6) is 0 Å². The second-order valence-electron chi connectivity index (χ2n) is 6.93. The van der Waals surface area contributed by atoms with E-state index in [2.05, 4.69) is 28.2 Å². The van der Waals surface area contributed by atoms with Gasteiger partial charge in [-0.3, -0.25) is 0 Å². The van der Waals surface area contributed by atoms with Gasteiger partial charge in [0.2, 0.25) is 0 Å². The van der Waals surface area contributed by atoms with Crippen molar-refractivity contribution < 1.29 is 4.74 Å². The van der Waals surface area contributed by atoms with Crippen molar-refractivity contribution in [1.82, 2.24) is 24.7 Å². The van der Waals surface area contributed by atoms with E-state index < -0.39 is 0 Å². The number of benzene rings is 1. The second kappa shape index (κ2) is 6.96. The monoisotopic (exact) mass is 339 g/mol. The van der Waals surface area contributed by atoms with Gasteiger partial charge >= 0.3 is 0 Å². The van der Waals surface area contributed by atoms with Crippen LogP contribution < -0.4 is 0 Å². The molecule has 6 heteroatoms. The first kappa shape index (κ1) is 16.3. The van der Waals surface area contributed by atoms with E-state index in [4.69, 9.17) is 14.8 Å². The van der Waals surface area contributed by atoms with Gasteiger partial charge in [-0.15, -0.1) is 0 Å². The third-order valence-electron chi connectivity index (χ3n) is 5.02. The van der Waals surface area contributed by atoms with Crippen molar-refractivity contribution in [3.63, 3.8) is 0 Å². The van der Waals surface area contributed by atoms with Crippen LogP contribution in [0.2, 0.25) is 0 Å². The highest BCUT2D eigenvalue weighted by atomic mass is 16.5. The van der Waals surface area contributed by atoms with Crippen LogP contribution in [0.4, 0.5) is 0 Å². The molecule has 4 rings (SSSR count). The molecular formula is C19H25N5O. The van der Waals surface area contributed by atoms with Crippen molar-refractivity contribution in [2.75, 3.05) is 13.7 Å². The van der Waals surface area contributed by atoms with Gasteiger partial charge in [-0.2, -0.15) is 5.10 Å². The van der Waals surface area contributed by atoms with E-state index in [0.29, 0.717) is 12.5 Å². The lowest BCUT2D eigenvalue weighted by molar-refractivity contribution is 0.182. The average molecular weight is 339 g/mol. The zero-order valence-corrected chi connectivity index (χ0v) is 15.0. The molecule has 3 aromatic rings. The number of methoxy groups -OCH3 is 1. The molecular weight excluding hydrogens is 314 g/mol. The Bertz CT molecular complexity index is 860. The minimum atomic E-state index is 0.528. The molecule has 1 N–H and O–H groups in total. The Hall–Kier alpha value is -2.21. The SMILES string of the molecule is COCCn1nc(C2CCCC2)nc1Cc1ccc2nc(C)[nH]c2c1. The maximum absolute atomic E-state index is 5.24. The van der Waals surface area contributed by atoms with Gasteiger partial charge in [-0.1, -0.05) is 18.9 Å². The molecule has 1 aliphatic rings. The summed E-state index contributed by atoms with van der Waals surface area (Å²) in [5.74, 6) is 3.51. The van der Waals surface area contributed by atoms with Crippen molar-refractivity contribution in [2.24, 2.45) is 0 Å². The summed E-state index contributed by atoms with van der Waals surface area (Å²) >= 11 is 0. The first-order chi connectivity index (χ1) is 12.2. The van der Waals surface area contributed by atoms with Crippen LogP contribution in [0.3, 0.4) is 0 Å². The number of hydrogen-bond donors (Lipinski definition) is 1. The second-order valence-corrected chi connectivity index (χ2v) is 6.93. The third kappa shape index (κ3) is 3.44. The number of ether oxygens (including phenoxy) is 1. The normalized spacial score (nSPS) is 15.4. The number of imidazole rings is 1. The summed E-state index contributed by atoms with van der Waals surface area (Å²) in [5, 5.41) is 4.80. The predicted octanol–water partition coefficient (Wildman–Crippen LogP) is 3.36. The Morgan fingerprint density at radius 3 is 2.88 bits per heavy atom. The summed E-state index contributed by atoms with van der Waals surface area (Å²) in [6.07, 6.45) is 5.79. The fourth-order valence-corrected chi connectivity index (χ4v) is 3.72. The van der Waals surface area contributed by atoms with E-state index >= 15 is 0 Å². The summed E-state index contributed by atoms with van der Waals surface area (Å²) in [6.45, 7) is 3.38. The lowest BCUT2D eigenvalue weighted by Crippen LogP contribution is -2.10. The molecule has 0 saturated heterocycles. The quantitative estimate of drug-likeness (QED) is 0.748. The molecule has 0 atom stereocenters. The third-order valence-corrected chi connectivity index (χ3v) is 5.02. The van der Waals surface area contributed by atoms with Crippen molar-refractivity contribution in [3.8, 4) is 0 Å². The Kier molecular flexibility index (Phi) is 4.53. The van der Waals surface area contributed by atoms with E-state index in [1.54, 1.807) is 7.11 Å². The van der Waals surface area contributed by atoms with E-state index in [-0.39, 0.29) is 0 Å². The van der Waals surface area contributed by atoms with Crippen LogP contribution in [0.25, 0.3) is 11.0 Å². The van der Waals surface area contributed by atoms with E-state index in [9.17, 15) is 0 Å². The smallest absolute Gasteiger partial charge is 0.154 e. The molecule has 1 fully saturated rings. The molecule has 132 valence electrons. The fourth-order valence-electron chi connectivity index (χ4n) is 3.72. The Labute approximate surface area is 147 Å². The molecule has 0 unspecified atom stereocenters. The highest BCUT2D eigenvalue weighted by Crippen LogP contribution is 2.32. The number of aromatic amines is 1. The molecule has 6 nitrogen and oxygen atoms in total. The van der Waals surface area contributed by atoms with Crippen LogP contribution in [-0.2, 0) is 17.7 Å². The number of rotatable bonds is 6. The summed E-state index contributed by atoms with van der Waals surface area (Å²) in [4.78, 5) is 12.7. The van der Waals surface area contributed by atoms with Crippen molar-refractivity contribution in [3.05, 3.63) is 41.2 Å². The minimum Gasteiger partial charge on any atom is -0.383 e. The van der Waals surface area contributed by atoms with Gasteiger partial charge in [0.15, 0.2) is 5.82 Å². The molecule has 0 amide bonds. The number of H-pyrrole nitrogens is 1. The molecule has 25 heavy (non-hydrogen) atoms. The molecule has 1 aliphatic carbocycles. The Balaban J connectivity index is 1.61. The summed E-state index contributed by atoms with van der Waals surface area (Å²) in [6, 6.07) is 6.37. The largest absolute Gasteiger partial charge is 0.383 e. The molecule has 2 heterocycles. The van der Waals surface area contributed by atoms with Gasteiger partial charge in [0.1, 0.15) is 11.6 Å². The van der Waals surface area contributed by atoms with Crippen LogP contribution in [-0.4, -0.2) is 38.4 Å².